The van der Waals surface area contributed by atoms with Crippen LogP contribution in [0.4, 0.5) is 0 Å². The second-order valence-electron chi connectivity index (χ2n) is 9.45. The minimum Gasteiger partial charge on any atom is -0.135 e. The Kier molecular flexibility index (Phi) is 3.76. The van der Waals surface area contributed by atoms with Crippen LogP contribution < -0.4 is 0 Å². The predicted molar refractivity (Wildman–Crippen MR) is 132 cm³/mol. The van der Waals surface area contributed by atoms with Gasteiger partial charge in [0.05, 0.1) is 0 Å². The third-order valence-electron chi connectivity index (χ3n) is 6.47. The van der Waals surface area contributed by atoms with Gasteiger partial charge in [-0.05, 0) is 62.9 Å². The molecule has 0 bridgehead atoms. The van der Waals surface area contributed by atoms with Gasteiger partial charge in [0.2, 0.25) is 0 Å². The third kappa shape index (κ3) is 2.66. The van der Waals surface area contributed by atoms with Crippen LogP contribution in [-0.2, 0) is 11.8 Å². The van der Waals surface area contributed by atoms with Crippen molar-refractivity contribution in [2.75, 3.05) is 0 Å². The van der Waals surface area contributed by atoms with E-state index in [1.807, 2.05) is 11.3 Å². The zero-order valence-electron chi connectivity index (χ0n) is 17.6. The third-order valence-corrected chi connectivity index (χ3v) is 7.69. The number of fused-ring (bicyclic) bond motifs is 6. The first kappa shape index (κ1) is 17.9. The van der Waals surface area contributed by atoms with E-state index in [-0.39, 0.29) is 5.41 Å². The maximum Gasteiger partial charge on any atom is 0.0433 e. The molecule has 1 heterocycles. The molecular weight excluding hydrogens is 380 g/mol. The van der Waals surface area contributed by atoms with Crippen molar-refractivity contribution in [3.63, 3.8) is 0 Å². The van der Waals surface area contributed by atoms with Crippen molar-refractivity contribution < 1.29 is 0 Å². The average Bonchev–Trinajstić information content (AvgIpc) is 3.30. The van der Waals surface area contributed by atoms with E-state index < -0.39 is 0 Å². The van der Waals surface area contributed by atoms with Gasteiger partial charge in [-0.15, -0.1) is 11.3 Å². The summed E-state index contributed by atoms with van der Waals surface area (Å²) in [5.41, 5.74) is 9.97. The lowest BCUT2D eigenvalue weighted by Crippen LogP contribution is -2.10. The maximum absolute atomic E-state index is 2.42. The van der Waals surface area contributed by atoms with Gasteiger partial charge in [-0.1, -0.05) is 87.5 Å². The van der Waals surface area contributed by atoms with E-state index in [9.17, 15) is 0 Å². The van der Waals surface area contributed by atoms with Crippen LogP contribution in [0.1, 0.15) is 37.5 Å². The minimum atomic E-state index is 0.165. The highest BCUT2D eigenvalue weighted by atomic mass is 32.1. The van der Waals surface area contributed by atoms with Crippen molar-refractivity contribution in [3.8, 4) is 22.3 Å². The first-order valence-corrected chi connectivity index (χ1v) is 11.5. The Hall–Kier alpha value is -2.90. The first-order valence-electron chi connectivity index (χ1n) is 10.7. The van der Waals surface area contributed by atoms with Gasteiger partial charge in [-0.2, -0.15) is 0 Å². The smallest absolute Gasteiger partial charge is 0.0433 e. The molecule has 0 saturated carbocycles. The van der Waals surface area contributed by atoms with E-state index in [0.29, 0.717) is 0 Å². The molecule has 5 aromatic rings. The van der Waals surface area contributed by atoms with Crippen LogP contribution in [0.25, 0.3) is 42.4 Å². The Morgan fingerprint density at radius 1 is 0.667 bits per heavy atom. The molecule has 146 valence electrons. The Morgan fingerprint density at radius 2 is 1.40 bits per heavy atom. The molecule has 0 nitrogen and oxygen atoms in total. The highest BCUT2D eigenvalue weighted by Crippen LogP contribution is 2.44. The van der Waals surface area contributed by atoms with E-state index in [1.54, 1.807) is 0 Å². The standard InChI is InChI=1S/C29H24S/c1-29(2,3)21-14-13-19-15-18-11-12-20(16-25(18)26(19)17-21)22-8-6-9-24-23-7-4-5-10-27(23)30-28(22)24/h4-14,16-17H,15H2,1-3H3. The predicted octanol–water partition coefficient (Wildman–Crippen LogP) is 8.59. The van der Waals surface area contributed by atoms with E-state index in [1.165, 1.54) is 59.1 Å². The van der Waals surface area contributed by atoms with E-state index in [0.717, 1.165) is 6.42 Å². The monoisotopic (exact) mass is 404 g/mol. The fraction of sp³-hybridized carbons (Fsp3) is 0.172. The van der Waals surface area contributed by atoms with Crippen LogP contribution in [-0.4, -0.2) is 0 Å². The van der Waals surface area contributed by atoms with Crippen LogP contribution >= 0.6 is 11.3 Å². The number of hydrogen-bond acceptors (Lipinski definition) is 1. The van der Waals surface area contributed by atoms with Gasteiger partial charge in [0.15, 0.2) is 0 Å². The Bertz CT molecular complexity index is 1440. The molecule has 0 aliphatic heterocycles. The highest BCUT2D eigenvalue weighted by Gasteiger charge is 2.23. The summed E-state index contributed by atoms with van der Waals surface area (Å²) < 4.78 is 2.75. The number of thiophene rings is 1. The quantitative estimate of drug-likeness (QED) is 0.257. The SMILES string of the molecule is CC(C)(C)c1ccc2c(c1)-c1cc(-c3cccc4c3sc3ccccc34)ccc1C2. The topological polar surface area (TPSA) is 0 Å². The zero-order chi connectivity index (χ0) is 20.5. The molecule has 0 unspecified atom stereocenters. The van der Waals surface area contributed by atoms with Crippen LogP contribution in [0.5, 0.6) is 0 Å². The van der Waals surface area contributed by atoms with E-state index >= 15 is 0 Å². The lowest BCUT2D eigenvalue weighted by Gasteiger charge is -2.20. The van der Waals surface area contributed by atoms with Gasteiger partial charge < -0.3 is 0 Å². The Labute approximate surface area is 181 Å². The lowest BCUT2D eigenvalue weighted by atomic mass is 9.85. The summed E-state index contributed by atoms with van der Waals surface area (Å²) in [5, 5.41) is 2.73. The average molecular weight is 405 g/mol. The Balaban J connectivity index is 1.55. The number of rotatable bonds is 1. The van der Waals surface area contributed by atoms with Crippen molar-refractivity contribution in [1.29, 1.82) is 0 Å². The largest absolute Gasteiger partial charge is 0.135 e. The van der Waals surface area contributed by atoms with Crippen LogP contribution in [0, 0.1) is 0 Å². The minimum absolute atomic E-state index is 0.165. The fourth-order valence-corrected chi connectivity index (χ4v) is 6.01. The summed E-state index contributed by atoms with van der Waals surface area (Å²) in [5.74, 6) is 0. The second-order valence-corrected chi connectivity index (χ2v) is 10.5. The maximum atomic E-state index is 2.42. The van der Waals surface area contributed by atoms with Crippen molar-refractivity contribution in [2.24, 2.45) is 0 Å². The summed E-state index contributed by atoms with van der Waals surface area (Å²) in [7, 11) is 0. The summed E-state index contributed by atoms with van der Waals surface area (Å²) >= 11 is 1.91. The van der Waals surface area contributed by atoms with Crippen LogP contribution in [0.3, 0.4) is 0 Å². The number of hydrogen-bond donors (Lipinski definition) is 0. The van der Waals surface area contributed by atoms with Crippen molar-refractivity contribution in [2.45, 2.75) is 32.6 Å². The molecule has 0 atom stereocenters. The molecule has 6 rings (SSSR count). The molecule has 0 fully saturated rings. The molecule has 1 aliphatic rings. The fourth-order valence-electron chi connectivity index (χ4n) is 4.78. The van der Waals surface area contributed by atoms with Gasteiger partial charge in [0, 0.05) is 20.2 Å². The van der Waals surface area contributed by atoms with E-state index in [4.69, 9.17) is 0 Å². The summed E-state index contributed by atoms with van der Waals surface area (Å²) in [4.78, 5) is 0. The van der Waals surface area contributed by atoms with Crippen molar-refractivity contribution in [1.82, 2.24) is 0 Å². The van der Waals surface area contributed by atoms with Gasteiger partial charge in [-0.25, -0.2) is 0 Å². The molecule has 0 spiro atoms. The van der Waals surface area contributed by atoms with E-state index in [2.05, 4.69) is 99.6 Å². The van der Waals surface area contributed by atoms with Crippen molar-refractivity contribution in [3.05, 3.63) is 95.6 Å². The molecular formula is C29H24S. The number of benzene rings is 4. The molecule has 0 N–H and O–H groups in total. The summed E-state index contributed by atoms with van der Waals surface area (Å²) in [6.07, 6.45) is 1.04. The van der Waals surface area contributed by atoms with Crippen LogP contribution in [0.15, 0.2) is 78.9 Å². The van der Waals surface area contributed by atoms with Crippen LogP contribution in [0.2, 0.25) is 0 Å². The van der Waals surface area contributed by atoms with Crippen molar-refractivity contribution >= 4 is 31.5 Å². The molecule has 1 heteroatoms. The van der Waals surface area contributed by atoms with Gasteiger partial charge >= 0.3 is 0 Å². The zero-order valence-corrected chi connectivity index (χ0v) is 18.4. The molecule has 0 saturated heterocycles. The first-order chi connectivity index (χ1) is 14.5. The lowest BCUT2D eigenvalue weighted by molar-refractivity contribution is 0.590. The summed E-state index contributed by atoms with van der Waals surface area (Å²) in [6.45, 7) is 6.88. The van der Waals surface area contributed by atoms with Gasteiger partial charge in [0.25, 0.3) is 0 Å². The normalized spacial score (nSPS) is 13.0. The highest BCUT2D eigenvalue weighted by molar-refractivity contribution is 7.26. The summed E-state index contributed by atoms with van der Waals surface area (Å²) in [6, 6.07) is 29.6. The van der Waals surface area contributed by atoms with Gasteiger partial charge in [-0.3, -0.25) is 0 Å². The molecule has 1 aromatic heterocycles. The molecule has 0 amide bonds. The molecule has 1 aliphatic carbocycles. The second kappa shape index (κ2) is 6.30. The molecule has 4 aromatic carbocycles. The Morgan fingerprint density at radius 3 is 2.23 bits per heavy atom. The van der Waals surface area contributed by atoms with Gasteiger partial charge in [0.1, 0.15) is 0 Å². The molecule has 0 radical (unpaired) electrons. The molecule has 30 heavy (non-hydrogen) atoms.